The van der Waals surface area contributed by atoms with Crippen LogP contribution in [0.5, 0.6) is 0 Å². The number of hydrogen-bond donors (Lipinski definition) is 0. The van der Waals surface area contributed by atoms with Gasteiger partial charge in [-0.25, -0.2) is 0 Å². The van der Waals surface area contributed by atoms with E-state index in [0.717, 1.165) is 19.8 Å². The van der Waals surface area contributed by atoms with Gasteiger partial charge in [0.25, 0.3) is 0 Å². The average molecular weight is 184 g/mol. The van der Waals surface area contributed by atoms with Crippen molar-refractivity contribution < 1.29 is 9.47 Å². The molecule has 2 aliphatic rings. The molecule has 2 heterocycles. The summed E-state index contributed by atoms with van der Waals surface area (Å²) in [6.07, 6.45) is 6.75. The molecule has 2 aliphatic heterocycles. The summed E-state index contributed by atoms with van der Waals surface area (Å²) in [6.45, 7) is 5.09. The summed E-state index contributed by atoms with van der Waals surface area (Å²) in [7, 11) is 0. The molecule has 1 unspecified atom stereocenters. The Morgan fingerprint density at radius 3 is 2.54 bits per heavy atom. The zero-order valence-electron chi connectivity index (χ0n) is 8.55. The Kier molecular flexibility index (Phi) is 2.89. The molecule has 2 rings (SSSR count). The maximum atomic E-state index is 5.86. The van der Waals surface area contributed by atoms with Crippen molar-refractivity contribution in [3.05, 3.63) is 0 Å². The van der Waals surface area contributed by atoms with Crippen LogP contribution in [0.4, 0.5) is 0 Å². The van der Waals surface area contributed by atoms with Gasteiger partial charge in [0.05, 0.1) is 12.7 Å². The molecule has 13 heavy (non-hydrogen) atoms. The van der Waals surface area contributed by atoms with Crippen LogP contribution >= 0.6 is 0 Å². The lowest BCUT2D eigenvalue weighted by atomic mass is 9.75. The first-order valence-corrected chi connectivity index (χ1v) is 5.54. The van der Waals surface area contributed by atoms with Gasteiger partial charge in [0.1, 0.15) is 0 Å². The van der Waals surface area contributed by atoms with Gasteiger partial charge < -0.3 is 9.47 Å². The summed E-state index contributed by atoms with van der Waals surface area (Å²) < 4.78 is 11.3. The molecule has 0 bridgehead atoms. The van der Waals surface area contributed by atoms with Crippen molar-refractivity contribution in [2.45, 2.75) is 45.1 Å². The zero-order valence-corrected chi connectivity index (χ0v) is 8.55. The number of hydrogen-bond acceptors (Lipinski definition) is 2. The third-order valence-corrected chi connectivity index (χ3v) is 3.63. The van der Waals surface area contributed by atoms with E-state index in [1.165, 1.54) is 32.1 Å². The van der Waals surface area contributed by atoms with E-state index in [1.54, 1.807) is 0 Å². The monoisotopic (exact) mass is 184 g/mol. The Morgan fingerprint density at radius 2 is 2.00 bits per heavy atom. The molecule has 0 N–H and O–H groups in total. The molecule has 0 radical (unpaired) electrons. The molecular formula is C11H20O2. The molecule has 2 nitrogen and oxygen atoms in total. The van der Waals surface area contributed by atoms with E-state index in [1.807, 2.05) is 0 Å². The minimum absolute atomic E-state index is 0.490. The molecule has 0 saturated carbocycles. The minimum atomic E-state index is 0.490. The third-order valence-electron chi connectivity index (χ3n) is 3.63. The van der Waals surface area contributed by atoms with E-state index in [0.29, 0.717) is 11.5 Å². The molecule has 1 atom stereocenters. The maximum absolute atomic E-state index is 5.86. The van der Waals surface area contributed by atoms with Crippen LogP contribution in [0.25, 0.3) is 0 Å². The van der Waals surface area contributed by atoms with Crippen molar-refractivity contribution in [2.24, 2.45) is 5.41 Å². The van der Waals surface area contributed by atoms with Crippen LogP contribution in [0.3, 0.4) is 0 Å². The quantitative estimate of drug-likeness (QED) is 0.623. The highest BCUT2D eigenvalue weighted by atomic mass is 16.5. The van der Waals surface area contributed by atoms with Gasteiger partial charge in [-0.05, 0) is 37.5 Å². The fraction of sp³-hybridized carbons (Fsp3) is 1.00. The first-order valence-electron chi connectivity index (χ1n) is 5.54. The van der Waals surface area contributed by atoms with E-state index in [-0.39, 0.29) is 0 Å². The van der Waals surface area contributed by atoms with Crippen molar-refractivity contribution in [1.82, 2.24) is 0 Å². The zero-order chi connectivity index (χ0) is 9.15. The molecule has 0 aromatic rings. The summed E-state index contributed by atoms with van der Waals surface area (Å²) in [5.74, 6) is 0. The minimum Gasteiger partial charge on any atom is -0.381 e. The highest BCUT2D eigenvalue weighted by Gasteiger charge is 2.36. The highest BCUT2D eigenvalue weighted by molar-refractivity contribution is 4.86. The van der Waals surface area contributed by atoms with E-state index in [2.05, 4.69) is 6.92 Å². The Bertz CT molecular complexity index is 151. The predicted octanol–water partition coefficient (Wildman–Crippen LogP) is 2.37. The van der Waals surface area contributed by atoms with Crippen LogP contribution in [0.2, 0.25) is 0 Å². The van der Waals surface area contributed by atoms with Gasteiger partial charge in [0.15, 0.2) is 0 Å². The Morgan fingerprint density at radius 1 is 1.23 bits per heavy atom. The summed E-state index contributed by atoms with van der Waals surface area (Å²) in [4.78, 5) is 0. The van der Waals surface area contributed by atoms with Gasteiger partial charge in [0.2, 0.25) is 0 Å². The van der Waals surface area contributed by atoms with Gasteiger partial charge in [-0.15, -0.1) is 0 Å². The van der Waals surface area contributed by atoms with Gasteiger partial charge in [-0.3, -0.25) is 0 Å². The highest BCUT2D eigenvalue weighted by Crippen LogP contribution is 2.40. The molecule has 0 aromatic heterocycles. The van der Waals surface area contributed by atoms with E-state index in [9.17, 15) is 0 Å². The lowest BCUT2D eigenvalue weighted by molar-refractivity contribution is -0.105. The number of ether oxygens (including phenoxy) is 2. The fourth-order valence-corrected chi connectivity index (χ4v) is 2.44. The average Bonchev–Trinajstić information content (AvgIpc) is 2.20. The Hall–Kier alpha value is -0.0800. The molecule has 2 saturated heterocycles. The lowest BCUT2D eigenvalue weighted by Gasteiger charge is -2.42. The van der Waals surface area contributed by atoms with Crippen molar-refractivity contribution in [3.63, 3.8) is 0 Å². The largest absolute Gasteiger partial charge is 0.381 e. The van der Waals surface area contributed by atoms with Crippen LogP contribution in [-0.4, -0.2) is 25.9 Å². The molecule has 2 fully saturated rings. The second-order valence-corrected chi connectivity index (χ2v) is 4.49. The smallest absolute Gasteiger partial charge is 0.0573 e. The van der Waals surface area contributed by atoms with Gasteiger partial charge >= 0.3 is 0 Å². The fourth-order valence-electron chi connectivity index (χ4n) is 2.44. The molecule has 76 valence electrons. The molecular weight excluding hydrogens is 164 g/mol. The van der Waals surface area contributed by atoms with E-state index in [4.69, 9.17) is 9.47 Å². The standard InChI is InChI=1S/C11H20O2/c1-2-10-3-4-11(9-13-10)5-7-12-8-6-11/h10H,2-9H2,1H3. The van der Waals surface area contributed by atoms with Crippen molar-refractivity contribution in [2.75, 3.05) is 19.8 Å². The van der Waals surface area contributed by atoms with Gasteiger partial charge in [0, 0.05) is 13.2 Å². The van der Waals surface area contributed by atoms with Crippen LogP contribution in [0.1, 0.15) is 39.0 Å². The van der Waals surface area contributed by atoms with Gasteiger partial charge in [-0.2, -0.15) is 0 Å². The van der Waals surface area contributed by atoms with Gasteiger partial charge in [-0.1, -0.05) is 6.92 Å². The molecule has 0 amide bonds. The van der Waals surface area contributed by atoms with Crippen molar-refractivity contribution in [3.8, 4) is 0 Å². The van der Waals surface area contributed by atoms with Crippen LogP contribution in [-0.2, 0) is 9.47 Å². The first kappa shape index (κ1) is 9.47. The normalized spacial score (nSPS) is 33.5. The van der Waals surface area contributed by atoms with Crippen molar-refractivity contribution >= 4 is 0 Å². The SMILES string of the molecule is CCC1CCC2(CCOCC2)CO1. The van der Waals surface area contributed by atoms with E-state index >= 15 is 0 Å². The third kappa shape index (κ3) is 2.05. The predicted molar refractivity (Wildman–Crippen MR) is 51.8 cm³/mol. The molecule has 1 spiro atoms. The summed E-state index contributed by atoms with van der Waals surface area (Å²) >= 11 is 0. The second kappa shape index (κ2) is 3.97. The second-order valence-electron chi connectivity index (χ2n) is 4.49. The Labute approximate surface area is 80.6 Å². The van der Waals surface area contributed by atoms with Crippen molar-refractivity contribution in [1.29, 1.82) is 0 Å². The summed E-state index contributed by atoms with van der Waals surface area (Å²) in [5.41, 5.74) is 0.490. The van der Waals surface area contributed by atoms with E-state index < -0.39 is 0 Å². The molecule has 2 heteroatoms. The van der Waals surface area contributed by atoms with Crippen LogP contribution in [0, 0.1) is 5.41 Å². The maximum Gasteiger partial charge on any atom is 0.0573 e. The van der Waals surface area contributed by atoms with Crippen LogP contribution < -0.4 is 0 Å². The topological polar surface area (TPSA) is 18.5 Å². The molecule has 0 aromatic carbocycles. The lowest BCUT2D eigenvalue weighted by Crippen LogP contribution is -2.40. The first-order chi connectivity index (χ1) is 6.35. The summed E-state index contributed by atoms with van der Waals surface area (Å²) in [5, 5.41) is 0. The van der Waals surface area contributed by atoms with Crippen LogP contribution in [0.15, 0.2) is 0 Å². The summed E-state index contributed by atoms with van der Waals surface area (Å²) in [6, 6.07) is 0. The number of rotatable bonds is 1. The molecule has 0 aliphatic carbocycles. The Balaban J connectivity index is 1.87.